The summed E-state index contributed by atoms with van der Waals surface area (Å²) in [6, 6.07) is 0. The van der Waals surface area contributed by atoms with E-state index in [1.54, 1.807) is 6.92 Å². The van der Waals surface area contributed by atoms with Crippen molar-refractivity contribution >= 4 is 5.97 Å². The average molecular weight is 203 g/mol. The summed E-state index contributed by atoms with van der Waals surface area (Å²) in [5, 5.41) is 0. The van der Waals surface area contributed by atoms with Crippen LogP contribution in [0.2, 0.25) is 0 Å². The summed E-state index contributed by atoms with van der Waals surface area (Å²) >= 11 is 0. The molecule has 0 saturated carbocycles. The van der Waals surface area contributed by atoms with Crippen molar-refractivity contribution in [3.63, 3.8) is 0 Å². The van der Waals surface area contributed by atoms with E-state index in [4.69, 9.17) is 5.73 Å². The Bertz CT molecular complexity index is 224. The van der Waals surface area contributed by atoms with Crippen molar-refractivity contribution in [2.75, 3.05) is 6.61 Å². The van der Waals surface area contributed by atoms with Crippen LogP contribution in [-0.2, 0) is 9.53 Å². The maximum Gasteiger partial charge on any atom is 0.332 e. The van der Waals surface area contributed by atoms with Crippen LogP contribution in [0, 0.1) is 0 Å². The molecule has 0 heterocycles. The van der Waals surface area contributed by atoms with Crippen LogP contribution in [0.4, 0.5) is 4.39 Å². The molecular weight excluding hydrogens is 185 g/mol. The molecule has 0 aromatic rings. The van der Waals surface area contributed by atoms with Crippen molar-refractivity contribution in [3.05, 3.63) is 11.8 Å². The van der Waals surface area contributed by atoms with Gasteiger partial charge >= 0.3 is 5.97 Å². The molecule has 0 spiro atoms. The highest BCUT2D eigenvalue weighted by Crippen LogP contribution is 2.23. The van der Waals surface area contributed by atoms with Crippen LogP contribution in [0.15, 0.2) is 11.8 Å². The third-order valence-corrected chi connectivity index (χ3v) is 1.88. The predicted molar refractivity (Wildman–Crippen MR) is 53.3 cm³/mol. The largest absolute Gasteiger partial charge is 0.463 e. The second-order valence-electron chi connectivity index (χ2n) is 3.30. The Kier molecular flexibility index (Phi) is 5.20. The number of allylic oxidation sites excluding steroid dienone is 1. The summed E-state index contributed by atoms with van der Waals surface area (Å²) in [4.78, 5) is 11.0. The molecule has 1 atom stereocenters. The minimum atomic E-state index is -1.62. The zero-order valence-corrected chi connectivity index (χ0v) is 8.97. The summed E-state index contributed by atoms with van der Waals surface area (Å²) in [6.45, 7) is 5.17. The highest BCUT2D eigenvalue weighted by Gasteiger charge is 2.26. The number of nitrogens with two attached hydrogens (primary N) is 1. The Labute approximate surface area is 84.1 Å². The molecule has 14 heavy (non-hydrogen) atoms. The lowest BCUT2D eigenvalue weighted by molar-refractivity contribution is -0.137. The Morgan fingerprint density at radius 3 is 2.57 bits per heavy atom. The molecule has 82 valence electrons. The van der Waals surface area contributed by atoms with Gasteiger partial charge in [0.15, 0.2) is 0 Å². The lowest BCUT2D eigenvalue weighted by Gasteiger charge is -2.19. The third kappa shape index (κ3) is 4.25. The minimum Gasteiger partial charge on any atom is -0.463 e. The van der Waals surface area contributed by atoms with Crippen LogP contribution in [0.25, 0.3) is 0 Å². The molecule has 0 aliphatic rings. The second kappa shape index (κ2) is 5.62. The molecule has 0 fully saturated rings. The average Bonchev–Trinajstić information content (AvgIpc) is 2.04. The Balaban J connectivity index is 4.42. The summed E-state index contributed by atoms with van der Waals surface area (Å²) in [5.74, 6) is -0.593. The Hall–Kier alpha value is -1.06. The van der Waals surface area contributed by atoms with Gasteiger partial charge in [-0.05, 0) is 20.3 Å². The first kappa shape index (κ1) is 12.9. The summed E-state index contributed by atoms with van der Waals surface area (Å²) in [7, 11) is 0. The van der Waals surface area contributed by atoms with E-state index in [1.807, 2.05) is 6.92 Å². The van der Waals surface area contributed by atoms with Crippen LogP contribution >= 0.6 is 0 Å². The highest BCUT2D eigenvalue weighted by molar-refractivity contribution is 5.82. The quantitative estimate of drug-likeness (QED) is 0.548. The van der Waals surface area contributed by atoms with Crippen molar-refractivity contribution in [1.29, 1.82) is 0 Å². The van der Waals surface area contributed by atoms with Crippen LogP contribution < -0.4 is 5.73 Å². The zero-order valence-electron chi connectivity index (χ0n) is 8.97. The minimum absolute atomic E-state index is 0.0715. The lowest BCUT2D eigenvalue weighted by atomic mass is 9.98. The van der Waals surface area contributed by atoms with Crippen LogP contribution in [0.3, 0.4) is 0 Å². The fraction of sp³-hybridized carbons (Fsp3) is 0.700. The molecule has 0 saturated heterocycles. The first-order chi connectivity index (χ1) is 6.44. The van der Waals surface area contributed by atoms with Crippen LogP contribution in [0.1, 0.15) is 33.6 Å². The topological polar surface area (TPSA) is 52.3 Å². The molecular formula is C10H18FNO2. The predicted octanol–water partition coefficient (Wildman–Crippen LogP) is 1.92. The maximum absolute atomic E-state index is 13.7. The van der Waals surface area contributed by atoms with E-state index in [0.29, 0.717) is 12.8 Å². The summed E-state index contributed by atoms with van der Waals surface area (Å²) in [6.07, 6.45) is 1.98. The number of halogens is 1. The Morgan fingerprint density at radius 1 is 1.57 bits per heavy atom. The second-order valence-corrected chi connectivity index (χ2v) is 3.30. The molecule has 0 aliphatic heterocycles. The lowest BCUT2D eigenvalue weighted by Crippen LogP contribution is -2.27. The summed E-state index contributed by atoms with van der Waals surface area (Å²) < 4.78 is 18.3. The molecule has 1 unspecified atom stereocenters. The van der Waals surface area contributed by atoms with Gasteiger partial charge in [0.05, 0.1) is 12.3 Å². The van der Waals surface area contributed by atoms with E-state index in [0.717, 1.165) is 6.08 Å². The molecule has 3 nitrogen and oxygen atoms in total. The Morgan fingerprint density at radius 2 is 2.14 bits per heavy atom. The van der Waals surface area contributed by atoms with Crippen molar-refractivity contribution in [2.24, 2.45) is 5.73 Å². The van der Waals surface area contributed by atoms with Gasteiger partial charge in [-0.3, -0.25) is 0 Å². The van der Waals surface area contributed by atoms with E-state index < -0.39 is 11.6 Å². The van der Waals surface area contributed by atoms with Gasteiger partial charge < -0.3 is 10.5 Å². The molecule has 4 heteroatoms. The molecule has 0 amide bonds. The van der Waals surface area contributed by atoms with Gasteiger partial charge in [0.25, 0.3) is 0 Å². The number of esters is 1. The van der Waals surface area contributed by atoms with E-state index in [9.17, 15) is 9.18 Å². The molecule has 0 bridgehead atoms. The van der Waals surface area contributed by atoms with Crippen molar-refractivity contribution < 1.29 is 13.9 Å². The van der Waals surface area contributed by atoms with E-state index in [2.05, 4.69) is 4.74 Å². The smallest absolute Gasteiger partial charge is 0.332 e. The van der Waals surface area contributed by atoms with Crippen molar-refractivity contribution in [3.8, 4) is 0 Å². The van der Waals surface area contributed by atoms with E-state index >= 15 is 0 Å². The van der Waals surface area contributed by atoms with Crippen molar-refractivity contribution in [1.82, 2.24) is 0 Å². The van der Waals surface area contributed by atoms with Gasteiger partial charge in [0, 0.05) is 6.08 Å². The number of carbonyl (C=O) groups is 1. The summed E-state index contributed by atoms with van der Waals surface area (Å²) in [5.41, 5.74) is 3.76. The first-order valence-electron chi connectivity index (χ1n) is 4.77. The van der Waals surface area contributed by atoms with Crippen molar-refractivity contribution in [2.45, 2.75) is 39.3 Å². The highest BCUT2D eigenvalue weighted by atomic mass is 19.1. The number of ether oxygens (including phenoxy) is 1. The standard InChI is InChI=1S/C10H18FNO2/c1-4-6-10(3,11)8(12)7-9(13)14-5-2/h7H,4-6,12H2,1-3H3. The van der Waals surface area contributed by atoms with E-state index in [1.165, 1.54) is 6.92 Å². The molecule has 0 aromatic heterocycles. The van der Waals surface area contributed by atoms with Crippen LogP contribution in [-0.4, -0.2) is 18.2 Å². The monoisotopic (exact) mass is 203 g/mol. The fourth-order valence-corrected chi connectivity index (χ4v) is 1.08. The third-order valence-electron chi connectivity index (χ3n) is 1.88. The van der Waals surface area contributed by atoms with Crippen LogP contribution in [0.5, 0.6) is 0 Å². The zero-order chi connectivity index (χ0) is 11.2. The fourth-order valence-electron chi connectivity index (χ4n) is 1.08. The SMILES string of the molecule is CCCC(C)(F)C(N)=CC(=O)OCC. The van der Waals surface area contributed by atoms with Gasteiger partial charge in [-0.1, -0.05) is 13.3 Å². The number of alkyl halides is 1. The van der Waals surface area contributed by atoms with Gasteiger partial charge in [-0.25, -0.2) is 9.18 Å². The van der Waals surface area contributed by atoms with Gasteiger partial charge in [0.1, 0.15) is 5.67 Å². The van der Waals surface area contributed by atoms with Gasteiger partial charge in [0.2, 0.25) is 0 Å². The number of carbonyl (C=O) groups excluding carboxylic acids is 1. The number of rotatable bonds is 5. The van der Waals surface area contributed by atoms with E-state index in [-0.39, 0.29) is 12.3 Å². The number of hydrogen-bond acceptors (Lipinski definition) is 3. The van der Waals surface area contributed by atoms with Gasteiger partial charge in [-0.2, -0.15) is 0 Å². The van der Waals surface area contributed by atoms with Gasteiger partial charge in [-0.15, -0.1) is 0 Å². The normalized spacial score (nSPS) is 16.1. The number of hydrogen-bond donors (Lipinski definition) is 1. The maximum atomic E-state index is 13.7. The molecule has 0 radical (unpaired) electrons. The molecule has 0 aliphatic carbocycles. The molecule has 2 N–H and O–H groups in total. The molecule has 0 rings (SSSR count). The first-order valence-corrected chi connectivity index (χ1v) is 4.77. The molecule has 0 aromatic carbocycles.